The highest BCUT2D eigenvalue weighted by Gasteiger charge is 2.14. The quantitative estimate of drug-likeness (QED) is 0.763. The highest BCUT2D eigenvalue weighted by molar-refractivity contribution is 7.19. The van der Waals surface area contributed by atoms with Gasteiger partial charge in [0, 0.05) is 27.1 Å². The van der Waals surface area contributed by atoms with E-state index in [1.54, 1.807) is 22.7 Å². The number of hydrogen-bond donors (Lipinski definition) is 1. The lowest BCUT2D eigenvalue weighted by atomic mass is 10.1. The lowest BCUT2D eigenvalue weighted by Crippen LogP contribution is -2.11. The number of H-pyrrole nitrogens is 1. The third-order valence-electron chi connectivity index (χ3n) is 3.46. The van der Waals surface area contributed by atoms with Gasteiger partial charge in [-0.15, -0.1) is 22.7 Å². The highest BCUT2D eigenvalue weighted by atomic mass is 32.1. The summed E-state index contributed by atoms with van der Waals surface area (Å²) >= 11 is 3.27. The van der Waals surface area contributed by atoms with Gasteiger partial charge in [-0.05, 0) is 31.4 Å². The van der Waals surface area contributed by atoms with E-state index < -0.39 is 0 Å². The standard InChI is InChI=1S/C16H18N2OS2/c1-9(2)4-7-13-17-15(19)14-11(8-20-16(14)18-13)12-6-5-10(3)21-12/h5-6,8-9H,4,7H2,1-3H3,(H,17,18,19). The lowest BCUT2D eigenvalue weighted by Gasteiger charge is -2.04. The fourth-order valence-electron chi connectivity index (χ4n) is 2.30. The molecule has 1 N–H and O–H groups in total. The average Bonchev–Trinajstić information content (AvgIpc) is 3.02. The Morgan fingerprint density at radius 1 is 1.33 bits per heavy atom. The smallest absolute Gasteiger partial charge is 0.260 e. The van der Waals surface area contributed by atoms with Gasteiger partial charge in [0.2, 0.25) is 0 Å². The molecule has 110 valence electrons. The van der Waals surface area contributed by atoms with Gasteiger partial charge < -0.3 is 4.98 Å². The number of thiophene rings is 2. The minimum Gasteiger partial charge on any atom is -0.310 e. The van der Waals surface area contributed by atoms with Crippen molar-refractivity contribution in [2.45, 2.75) is 33.6 Å². The van der Waals surface area contributed by atoms with Crippen LogP contribution in [-0.4, -0.2) is 9.97 Å². The van der Waals surface area contributed by atoms with Crippen LogP contribution in [0.15, 0.2) is 22.3 Å². The number of fused-ring (bicyclic) bond motifs is 1. The summed E-state index contributed by atoms with van der Waals surface area (Å²) in [6, 6.07) is 4.16. The molecule has 3 rings (SSSR count). The number of nitrogens with one attached hydrogen (secondary N) is 1. The van der Waals surface area contributed by atoms with Crippen molar-refractivity contribution in [1.82, 2.24) is 9.97 Å². The molecule has 5 heteroatoms. The molecule has 0 aliphatic heterocycles. The van der Waals surface area contributed by atoms with Crippen LogP contribution in [-0.2, 0) is 6.42 Å². The first-order valence-electron chi connectivity index (χ1n) is 7.12. The van der Waals surface area contributed by atoms with Crippen molar-refractivity contribution in [2.24, 2.45) is 5.92 Å². The predicted molar refractivity (Wildman–Crippen MR) is 91.4 cm³/mol. The van der Waals surface area contributed by atoms with Gasteiger partial charge in [-0.1, -0.05) is 13.8 Å². The molecule has 0 amide bonds. The Balaban J connectivity index is 2.05. The molecule has 21 heavy (non-hydrogen) atoms. The largest absolute Gasteiger partial charge is 0.310 e. The molecule has 0 aliphatic carbocycles. The monoisotopic (exact) mass is 318 g/mol. The van der Waals surface area contributed by atoms with Crippen LogP contribution >= 0.6 is 22.7 Å². The van der Waals surface area contributed by atoms with Crippen LogP contribution in [0.4, 0.5) is 0 Å². The number of hydrogen-bond acceptors (Lipinski definition) is 4. The van der Waals surface area contributed by atoms with Crippen LogP contribution in [0.5, 0.6) is 0 Å². The Bertz CT molecular complexity index is 826. The van der Waals surface area contributed by atoms with Gasteiger partial charge in [-0.2, -0.15) is 0 Å². The summed E-state index contributed by atoms with van der Waals surface area (Å²) in [6.45, 7) is 6.44. The number of aromatic amines is 1. The van der Waals surface area contributed by atoms with Crippen LogP contribution in [0.25, 0.3) is 20.7 Å². The van der Waals surface area contributed by atoms with Gasteiger partial charge in [0.05, 0.1) is 5.39 Å². The Hall–Kier alpha value is -1.46. The third kappa shape index (κ3) is 2.94. The average molecular weight is 318 g/mol. The fourth-order valence-corrected chi connectivity index (χ4v) is 4.22. The molecule has 0 fully saturated rings. The molecule has 0 bridgehead atoms. The minimum absolute atomic E-state index is 0.0129. The van der Waals surface area contributed by atoms with Crippen LogP contribution < -0.4 is 5.56 Å². The number of aryl methyl sites for hydroxylation is 2. The maximum absolute atomic E-state index is 12.4. The Labute approximate surface area is 131 Å². The molecular weight excluding hydrogens is 300 g/mol. The van der Waals surface area contributed by atoms with Crippen molar-refractivity contribution in [3.8, 4) is 10.4 Å². The van der Waals surface area contributed by atoms with Crippen LogP contribution in [0.1, 0.15) is 31.0 Å². The van der Waals surface area contributed by atoms with E-state index in [-0.39, 0.29) is 5.56 Å². The second-order valence-electron chi connectivity index (χ2n) is 5.68. The van der Waals surface area contributed by atoms with E-state index in [1.807, 2.05) is 5.38 Å². The zero-order valence-corrected chi connectivity index (χ0v) is 14.0. The molecule has 3 nitrogen and oxygen atoms in total. The van der Waals surface area contributed by atoms with Crippen molar-refractivity contribution in [1.29, 1.82) is 0 Å². The Kier molecular flexibility index (Phi) is 3.95. The zero-order chi connectivity index (χ0) is 15.0. The van der Waals surface area contributed by atoms with Crippen LogP contribution in [0.2, 0.25) is 0 Å². The molecular formula is C16H18N2OS2. The van der Waals surface area contributed by atoms with Crippen molar-refractivity contribution in [3.63, 3.8) is 0 Å². The third-order valence-corrected chi connectivity index (χ3v) is 5.36. The summed E-state index contributed by atoms with van der Waals surface area (Å²) in [5, 5.41) is 2.78. The van der Waals surface area contributed by atoms with Crippen LogP contribution in [0.3, 0.4) is 0 Å². The fraction of sp³-hybridized carbons (Fsp3) is 0.375. The van der Waals surface area contributed by atoms with E-state index in [0.717, 1.165) is 39.3 Å². The molecule has 0 unspecified atom stereocenters. The van der Waals surface area contributed by atoms with Crippen LogP contribution in [0, 0.1) is 12.8 Å². The van der Waals surface area contributed by atoms with Gasteiger partial charge in [0.1, 0.15) is 10.7 Å². The van der Waals surface area contributed by atoms with Crippen molar-refractivity contribution < 1.29 is 0 Å². The molecule has 0 radical (unpaired) electrons. The number of aromatic nitrogens is 2. The second kappa shape index (κ2) is 5.73. The topological polar surface area (TPSA) is 45.8 Å². The zero-order valence-electron chi connectivity index (χ0n) is 12.4. The molecule has 0 spiro atoms. The number of nitrogens with zero attached hydrogens (tertiary/aromatic N) is 1. The van der Waals surface area contributed by atoms with E-state index in [4.69, 9.17) is 0 Å². The van der Waals surface area contributed by atoms with E-state index in [0.29, 0.717) is 5.92 Å². The van der Waals surface area contributed by atoms with Gasteiger partial charge in [0.25, 0.3) is 5.56 Å². The maximum Gasteiger partial charge on any atom is 0.260 e. The molecule has 0 saturated heterocycles. The van der Waals surface area contributed by atoms with E-state index in [2.05, 4.69) is 42.9 Å². The summed E-state index contributed by atoms with van der Waals surface area (Å²) in [5.74, 6) is 1.41. The van der Waals surface area contributed by atoms with E-state index >= 15 is 0 Å². The molecule has 3 aromatic heterocycles. The van der Waals surface area contributed by atoms with Gasteiger partial charge in [-0.3, -0.25) is 4.79 Å². The first-order valence-corrected chi connectivity index (χ1v) is 8.81. The molecule has 0 atom stereocenters. The summed E-state index contributed by atoms with van der Waals surface area (Å²) in [6.07, 6.45) is 1.87. The highest BCUT2D eigenvalue weighted by Crippen LogP contribution is 2.34. The van der Waals surface area contributed by atoms with E-state index in [9.17, 15) is 4.79 Å². The normalized spacial score (nSPS) is 11.6. The summed E-state index contributed by atoms with van der Waals surface area (Å²) < 4.78 is 0. The minimum atomic E-state index is -0.0129. The maximum atomic E-state index is 12.4. The molecule has 0 aromatic carbocycles. The molecule has 3 aromatic rings. The number of rotatable bonds is 4. The van der Waals surface area contributed by atoms with Crippen molar-refractivity contribution >= 4 is 32.9 Å². The van der Waals surface area contributed by atoms with Gasteiger partial charge >= 0.3 is 0 Å². The first kappa shape index (κ1) is 14.5. The van der Waals surface area contributed by atoms with Crippen molar-refractivity contribution in [3.05, 3.63) is 38.6 Å². The second-order valence-corrected chi connectivity index (χ2v) is 7.83. The van der Waals surface area contributed by atoms with Gasteiger partial charge in [-0.25, -0.2) is 4.98 Å². The Morgan fingerprint density at radius 3 is 2.81 bits per heavy atom. The summed E-state index contributed by atoms with van der Waals surface area (Å²) in [5.41, 5.74) is 0.998. The van der Waals surface area contributed by atoms with E-state index in [1.165, 1.54) is 4.88 Å². The van der Waals surface area contributed by atoms with Crippen molar-refractivity contribution in [2.75, 3.05) is 0 Å². The summed E-state index contributed by atoms with van der Waals surface area (Å²) in [4.78, 5) is 23.2. The molecule has 0 saturated carbocycles. The molecule has 3 heterocycles. The van der Waals surface area contributed by atoms with Gasteiger partial charge in [0.15, 0.2) is 0 Å². The Morgan fingerprint density at radius 2 is 2.14 bits per heavy atom. The summed E-state index contributed by atoms with van der Waals surface area (Å²) in [7, 11) is 0. The molecule has 0 aliphatic rings. The SMILES string of the molecule is Cc1ccc(-c2csc3nc(CCC(C)C)[nH]c(=O)c23)s1. The first-order chi connectivity index (χ1) is 10.0. The lowest BCUT2D eigenvalue weighted by molar-refractivity contribution is 0.575. The predicted octanol–water partition coefficient (Wildman–Crippen LogP) is 4.61.